The highest BCUT2D eigenvalue weighted by atomic mass is 32.1. The van der Waals surface area contributed by atoms with Crippen LogP contribution in [-0.4, -0.2) is 53.0 Å². The number of aromatic amines is 1. The van der Waals surface area contributed by atoms with Crippen molar-refractivity contribution < 1.29 is 14.3 Å². The topological polar surface area (TPSA) is 104 Å². The number of nitrogens with one attached hydrogen (secondary N) is 2. The normalized spacial score (nSPS) is 17.3. The van der Waals surface area contributed by atoms with Gasteiger partial charge in [0, 0.05) is 18.0 Å². The molecule has 1 fully saturated rings. The number of hydrogen-bond acceptors (Lipinski definition) is 7. The second-order valence-corrected chi connectivity index (χ2v) is 7.80. The van der Waals surface area contributed by atoms with Crippen LogP contribution in [0.1, 0.15) is 12.2 Å². The van der Waals surface area contributed by atoms with Gasteiger partial charge in [-0.1, -0.05) is 30.3 Å². The highest BCUT2D eigenvalue weighted by Gasteiger charge is 2.32. The van der Waals surface area contributed by atoms with E-state index in [1.165, 1.54) is 18.4 Å². The number of amides is 1. The third-order valence-electron chi connectivity index (χ3n) is 4.89. The van der Waals surface area contributed by atoms with E-state index in [4.69, 9.17) is 4.74 Å². The molecule has 0 radical (unpaired) electrons. The van der Waals surface area contributed by atoms with Crippen LogP contribution < -0.4 is 10.9 Å². The van der Waals surface area contributed by atoms with E-state index in [0.717, 1.165) is 10.4 Å². The Hall–Kier alpha value is -3.04. The van der Waals surface area contributed by atoms with Crippen molar-refractivity contribution in [3.63, 3.8) is 0 Å². The molecule has 9 heteroatoms. The third kappa shape index (κ3) is 4.06. The van der Waals surface area contributed by atoms with Crippen LogP contribution in [0.4, 0.5) is 0 Å². The standard InChI is InChI=1S/C20H20N4O4S/c1-28-17(25)10-14-19(27)21-7-8-24(14)11-16-22-18(26)13-9-15(29-20(13)23-16)12-5-3-2-4-6-12/h2-6,9,14H,7-8,10-11H2,1H3,(H,21,27)(H,22,23,26). The van der Waals surface area contributed by atoms with E-state index in [1.54, 1.807) is 0 Å². The number of H-pyrrole nitrogens is 1. The van der Waals surface area contributed by atoms with Crippen LogP contribution in [0.15, 0.2) is 41.2 Å². The van der Waals surface area contributed by atoms with E-state index in [9.17, 15) is 14.4 Å². The molecule has 1 atom stereocenters. The van der Waals surface area contributed by atoms with Crippen molar-refractivity contribution in [1.82, 2.24) is 20.2 Å². The minimum Gasteiger partial charge on any atom is -0.469 e. The van der Waals surface area contributed by atoms with Gasteiger partial charge in [0.1, 0.15) is 16.7 Å². The Kier molecular flexibility index (Phi) is 5.41. The molecule has 2 aromatic heterocycles. The van der Waals surface area contributed by atoms with E-state index < -0.39 is 12.0 Å². The Morgan fingerprint density at radius 1 is 1.31 bits per heavy atom. The number of methoxy groups -OCH3 is 1. The highest BCUT2D eigenvalue weighted by Crippen LogP contribution is 2.30. The van der Waals surface area contributed by atoms with Gasteiger partial charge < -0.3 is 15.0 Å². The molecule has 150 valence electrons. The summed E-state index contributed by atoms with van der Waals surface area (Å²) in [5, 5.41) is 3.30. The summed E-state index contributed by atoms with van der Waals surface area (Å²) in [6.07, 6.45) is -0.0496. The average Bonchev–Trinajstić information content (AvgIpc) is 3.16. The van der Waals surface area contributed by atoms with Gasteiger partial charge in [-0.25, -0.2) is 4.98 Å². The van der Waals surface area contributed by atoms with Crippen molar-refractivity contribution in [2.75, 3.05) is 20.2 Å². The maximum absolute atomic E-state index is 12.6. The SMILES string of the molecule is COC(=O)CC1C(=O)NCCN1Cc1nc2sc(-c3ccccc3)cc2c(=O)[nH]1. The summed E-state index contributed by atoms with van der Waals surface area (Å²) in [6.45, 7) is 1.29. The molecule has 1 unspecified atom stereocenters. The molecule has 8 nitrogen and oxygen atoms in total. The van der Waals surface area contributed by atoms with Gasteiger partial charge in [-0.2, -0.15) is 0 Å². The van der Waals surface area contributed by atoms with Crippen LogP contribution in [-0.2, 0) is 20.9 Å². The third-order valence-corrected chi connectivity index (χ3v) is 5.97. The van der Waals surface area contributed by atoms with E-state index in [0.29, 0.717) is 29.1 Å². The fraction of sp³-hybridized carbons (Fsp3) is 0.300. The number of thiophene rings is 1. The molecule has 1 amide bonds. The van der Waals surface area contributed by atoms with Gasteiger partial charge >= 0.3 is 5.97 Å². The van der Waals surface area contributed by atoms with Crippen LogP contribution in [0.5, 0.6) is 0 Å². The number of ether oxygens (including phenoxy) is 1. The summed E-state index contributed by atoms with van der Waals surface area (Å²) in [7, 11) is 1.29. The van der Waals surface area contributed by atoms with Crippen LogP contribution in [0.3, 0.4) is 0 Å². The van der Waals surface area contributed by atoms with Gasteiger partial charge in [0.05, 0.1) is 25.5 Å². The van der Waals surface area contributed by atoms with Gasteiger partial charge in [0.25, 0.3) is 5.56 Å². The van der Waals surface area contributed by atoms with Crippen molar-refractivity contribution >= 4 is 33.4 Å². The molecule has 1 saturated heterocycles. The molecule has 4 rings (SSSR count). The predicted octanol–water partition coefficient (Wildman–Crippen LogP) is 1.52. The van der Waals surface area contributed by atoms with Gasteiger partial charge in [-0.15, -0.1) is 11.3 Å². The second-order valence-electron chi connectivity index (χ2n) is 6.77. The van der Waals surface area contributed by atoms with Crippen LogP contribution >= 0.6 is 11.3 Å². The molecule has 0 saturated carbocycles. The summed E-state index contributed by atoms with van der Waals surface area (Å²) in [6, 6.07) is 11.0. The molecule has 3 heterocycles. The smallest absolute Gasteiger partial charge is 0.307 e. The number of esters is 1. The molecule has 0 spiro atoms. The molecule has 1 aromatic carbocycles. The maximum atomic E-state index is 12.6. The lowest BCUT2D eigenvalue weighted by Gasteiger charge is -2.33. The Balaban J connectivity index is 1.62. The lowest BCUT2D eigenvalue weighted by Crippen LogP contribution is -2.55. The molecule has 3 aromatic rings. The van der Waals surface area contributed by atoms with Crippen molar-refractivity contribution in [2.24, 2.45) is 0 Å². The Labute approximate surface area is 170 Å². The number of benzene rings is 1. The van der Waals surface area contributed by atoms with Gasteiger partial charge in [-0.3, -0.25) is 19.3 Å². The molecule has 0 bridgehead atoms. The molecular weight excluding hydrogens is 392 g/mol. The lowest BCUT2D eigenvalue weighted by atomic mass is 10.1. The zero-order valence-corrected chi connectivity index (χ0v) is 16.6. The Morgan fingerprint density at radius 3 is 2.86 bits per heavy atom. The molecule has 1 aliphatic rings. The number of carbonyl (C=O) groups excluding carboxylic acids is 2. The monoisotopic (exact) mass is 412 g/mol. The molecule has 29 heavy (non-hydrogen) atoms. The summed E-state index contributed by atoms with van der Waals surface area (Å²) in [5.74, 6) is -0.221. The fourth-order valence-electron chi connectivity index (χ4n) is 3.40. The minimum atomic E-state index is -0.652. The molecule has 0 aliphatic carbocycles. The van der Waals surface area contributed by atoms with E-state index in [2.05, 4.69) is 15.3 Å². The minimum absolute atomic E-state index is 0.0496. The predicted molar refractivity (Wildman–Crippen MR) is 110 cm³/mol. The van der Waals surface area contributed by atoms with Crippen molar-refractivity contribution in [2.45, 2.75) is 19.0 Å². The van der Waals surface area contributed by atoms with Crippen molar-refractivity contribution in [3.8, 4) is 10.4 Å². The number of rotatable bonds is 5. The van der Waals surface area contributed by atoms with E-state index in [1.807, 2.05) is 41.3 Å². The second kappa shape index (κ2) is 8.14. The first-order valence-corrected chi connectivity index (χ1v) is 10.0. The van der Waals surface area contributed by atoms with Crippen LogP contribution in [0.25, 0.3) is 20.7 Å². The van der Waals surface area contributed by atoms with Crippen LogP contribution in [0.2, 0.25) is 0 Å². The largest absolute Gasteiger partial charge is 0.469 e. The van der Waals surface area contributed by atoms with Crippen molar-refractivity contribution in [1.29, 1.82) is 0 Å². The van der Waals surface area contributed by atoms with Gasteiger partial charge in [0.15, 0.2) is 0 Å². The maximum Gasteiger partial charge on any atom is 0.307 e. The lowest BCUT2D eigenvalue weighted by molar-refractivity contribution is -0.146. The van der Waals surface area contributed by atoms with E-state index >= 15 is 0 Å². The number of carbonyl (C=O) groups is 2. The van der Waals surface area contributed by atoms with Crippen molar-refractivity contribution in [3.05, 3.63) is 52.6 Å². The zero-order chi connectivity index (χ0) is 20.4. The summed E-state index contributed by atoms with van der Waals surface area (Å²) in [4.78, 5) is 47.4. The number of hydrogen-bond donors (Lipinski definition) is 2. The van der Waals surface area contributed by atoms with Crippen LogP contribution in [0, 0.1) is 0 Å². The first-order chi connectivity index (χ1) is 14.0. The van der Waals surface area contributed by atoms with Gasteiger partial charge in [0.2, 0.25) is 5.91 Å². The summed E-state index contributed by atoms with van der Waals surface area (Å²) < 4.78 is 4.70. The molecular formula is C20H20N4O4S. The molecule has 2 N–H and O–H groups in total. The number of aromatic nitrogens is 2. The van der Waals surface area contributed by atoms with E-state index in [-0.39, 0.29) is 24.4 Å². The van der Waals surface area contributed by atoms with Gasteiger partial charge in [-0.05, 0) is 11.6 Å². The quantitative estimate of drug-likeness (QED) is 0.616. The number of piperazine rings is 1. The molecule has 1 aliphatic heterocycles. The average molecular weight is 412 g/mol. The first kappa shape index (κ1) is 19.3. The highest BCUT2D eigenvalue weighted by molar-refractivity contribution is 7.21. The Morgan fingerprint density at radius 2 is 2.10 bits per heavy atom. The zero-order valence-electron chi connectivity index (χ0n) is 15.8. The number of nitrogens with zero attached hydrogens (tertiary/aromatic N) is 2. The number of fused-ring (bicyclic) bond motifs is 1. The first-order valence-electron chi connectivity index (χ1n) is 9.22. The Bertz CT molecular complexity index is 1110. The fourth-order valence-corrected chi connectivity index (χ4v) is 4.46. The summed E-state index contributed by atoms with van der Waals surface area (Å²) in [5.41, 5.74) is 0.816. The summed E-state index contributed by atoms with van der Waals surface area (Å²) >= 11 is 1.45.